The minimum absolute atomic E-state index is 0.0241. The molecule has 5 aromatic rings. The minimum atomic E-state index is -0.694. The summed E-state index contributed by atoms with van der Waals surface area (Å²) in [4.78, 5) is 40.4. The second-order valence-electron chi connectivity index (χ2n) is 8.04. The first kappa shape index (κ1) is 25.6. The number of ether oxygens (including phenoxy) is 1. The van der Waals surface area contributed by atoms with Crippen LogP contribution in [0.1, 0.15) is 31.4 Å². The maximum atomic E-state index is 13.6. The number of anilines is 1. The van der Waals surface area contributed by atoms with Gasteiger partial charge in [-0.1, -0.05) is 16.8 Å². The molecule has 0 radical (unpaired) electrons. The third-order valence-electron chi connectivity index (χ3n) is 5.67. The van der Waals surface area contributed by atoms with Gasteiger partial charge >= 0.3 is 11.9 Å². The number of nitrogens with zero attached hydrogens (tertiary/aromatic N) is 4. The Hall–Kier alpha value is -4.00. The maximum Gasteiger partial charge on any atom is 0.338 e. The van der Waals surface area contributed by atoms with Gasteiger partial charge in [-0.3, -0.25) is 9.59 Å². The summed E-state index contributed by atoms with van der Waals surface area (Å²) >= 11 is 9.01. The summed E-state index contributed by atoms with van der Waals surface area (Å²) < 4.78 is 13.2. The second kappa shape index (κ2) is 11.2. The molecule has 0 amide bonds. The molecule has 38 heavy (non-hydrogen) atoms. The molecule has 5 rings (SSSR count). The van der Waals surface area contributed by atoms with Crippen LogP contribution in [0.3, 0.4) is 0 Å². The van der Waals surface area contributed by atoms with Crippen molar-refractivity contribution in [1.29, 1.82) is 0 Å². The van der Waals surface area contributed by atoms with Gasteiger partial charge in [0.1, 0.15) is 11.5 Å². The molecule has 0 atom stereocenters. The smallest absolute Gasteiger partial charge is 0.338 e. The van der Waals surface area contributed by atoms with E-state index < -0.39 is 17.4 Å². The van der Waals surface area contributed by atoms with E-state index in [4.69, 9.17) is 20.9 Å². The quantitative estimate of drug-likeness (QED) is 0.251. The highest BCUT2D eigenvalue weighted by Gasteiger charge is 2.25. The first-order valence-electron chi connectivity index (χ1n) is 11.3. The van der Waals surface area contributed by atoms with Crippen LogP contribution >= 0.6 is 34.3 Å². The van der Waals surface area contributed by atoms with E-state index in [1.807, 2.05) is 22.9 Å². The molecule has 10 nitrogen and oxygen atoms in total. The number of hydrogen-bond acceptors (Lipinski definition) is 10. The van der Waals surface area contributed by atoms with Gasteiger partial charge in [-0.25, -0.2) is 4.79 Å². The molecule has 0 spiro atoms. The Balaban J connectivity index is 1.57. The van der Waals surface area contributed by atoms with Crippen LogP contribution in [0.4, 0.5) is 5.82 Å². The zero-order chi connectivity index (χ0) is 26.6. The molecular weight excluding hydrogens is 550 g/mol. The Kier molecular flexibility index (Phi) is 7.54. The third-order valence-corrected chi connectivity index (χ3v) is 7.63. The van der Waals surface area contributed by atoms with Crippen LogP contribution in [-0.4, -0.2) is 38.5 Å². The van der Waals surface area contributed by atoms with E-state index in [2.05, 4.69) is 15.6 Å². The number of pyridine rings is 1. The number of methoxy groups -OCH3 is 1. The summed E-state index contributed by atoms with van der Waals surface area (Å²) in [7, 11) is 1.24. The largest absolute Gasteiger partial charge is 0.465 e. The number of thiophene rings is 2. The lowest BCUT2D eigenvalue weighted by atomic mass is 10.1. The fourth-order valence-corrected chi connectivity index (χ4v) is 5.53. The van der Waals surface area contributed by atoms with E-state index in [9.17, 15) is 14.4 Å². The van der Waals surface area contributed by atoms with Crippen molar-refractivity contribution < 1.29 is 18.8 Å². The predicted octanol–water partition coefficient (Wildman–Crippen LogP) is 4.81. The fraction of sp³-hybridized carbons (Fsp3) is 0.160. The molecule has 194 valence electrons. The average molecular weight is 570 g/mol. The molecule has 1 N–H and O–H groups in total. The van der Waals surface area contributed by atoms with Crippen LogP contribution in [0, 0.1) is 0 Å². The van der Waals surface area contributed by atoms with E-state index >= 15 is 0 Å². The monoisotopic (exact) mass is 569 g/mol. The average Bonchev–Trinajstić information content (AvgIpc) is 3.73. The van der Waals surface area contributed by atoms with Crippen LogP contribution in [0.25, 0.3) is 11.3 Å². The standard InChI is InChI=1S/C25H20ClN5O5S2/c1-35-25(34)17-6-10-30(9-5-15-7-11-37-14-15)24(33)22(17)18-12-21(27-13-16-2-3-20(26)38-16)31(29-18)23(32)19-4-8-28-36-19/h2-4,6-8,10-12,14,27H,5,9,13H2,1H3. The number of halogens is 1. The number of hydrogen-bond donors (Lipinski definition) is 1. The van der Waals surface area contributed by atoms with E-state index in [0.717, 1.165) is 15.1 Å². The van der Waals surface area contributed by atoms with Crippen molar-refractivity contribution in [3.63, 3.8) is 0 Å². The minimum Gasteiger partial charge on any atom is -0.465 e. The molecule has 0 aliphatic heterocycles. The second-order valence-corrected chi connectivity index (χ2v) is 10.6. The maximum absolute atomic E-state index is 13.6. The van der Waals surface area contributed by atoms with Gasteiger partial charge in [0.15, 0.2) is 0 Å². The van der Waals surface area contributed by atoms with E-state index in [1.54, 1.807) is 23.6 Å². The summed E-state index contributed by atoms with van der Waals surface area (Å²) in [6.07, 6.45) is 3.53. The SMILES string of the molecule is COC(=O)c1ccn(CCc2ccsc2)c(=O)c1-c1cc(NCc2ccc(Cl)s2)n(C(=O)c2ccno2)n1. The van der Waals surface area contributed by atoms with Gasteiger partial charge in [0.05, 0.1) is 35.3 Å². The lowest BCUT2D eigenvalue weighted by molar-refractivity contribution is 0.0601. The molecule has 0 saturated heterocycles. The van der Waals surface area contributed by atoms with Gasteiger partial charge in [0.2, 0.25) is 5.76 Å². The van der Waals surface area contributed by atoms with Crippen molar-refractivity contribution in [1.82, 2.24) is 19.5 Å². The third kappa shape index (κ3) is 5.32. The van der Waals surface area contributed by atoms with Crippen molar-refractivity contribution in [3.05, 3.63) is 96.0 Å². The van der Waals surface area contributed by atoms with Crippen LogP contribution in [-0.2, 0) is 24.2 Å². The van der Waals surface area contributed by atoms with Crippen molar-refractivity contribution in [2.45, 2.75) is 19.5 Å². The summed E-state index contributed by atoms with van der Waals surface area (Å²) in [5.41, 5.74) is 0.854. The molecule has 0 unspecified atom stereocenters. The molecule has 13 heteroatoms. The molecule has 0 fully saturated rings. The lowest BCUT2D eigenvalue weighted by Gasteiger charge is -2.10. The number of nitrogens with one attached hydrogen (secondary N) is 1. The van der Waals surface area contributed by atoms with Crippen LogP contribution in [0.5, 0.6) is 0 Å². The van der Waals surface area contributed by atoms with Crippen molar-refractivity contribution in [2.75, 3.05) is 12.4 Å². The van der Waals surface area contributed by atoms with E-state index in [1.165, 1.54) is 47.4 Å². The zero-order valence-corrected chi connectivity index (χ0v) is 22.3. The highest BCUT2D eigenvalue weighted by Crippen LogP contribution is 2.26. The Bertz CT molecular complexity index is 1640. The van der Waals surface area contributed by atoms with Gasteiger partial charge in [-0.05, 0) is 47.0 Å². The number of carbonyl (C=O) groups is 2. The van der Waals surface area contributed by atoms with Gasteiger partial charge in [-0.2, -0.15) is 21.1 Å². The first-order valence-corrected chi connectivity index (χ1v) is 13.4. The van der Waals surface area contributed by atoms with Crippen molar-refractivity contribution in [2.24, 2.45) is 0 Å². The highest BCUT2D eigenvalue weighted by molar-refractivity contribution is 7.16. The number of aromatic nitrogens is 4. The summed E-state index contributed by atoms with van der Waals surface area (Å²) in [5.74, 6) is -1.05. The van der Waals surface area contributed by atoms with Crippen LogP contribution in [0.15, 0.2) is 68.9 Å². The highest BCUT2D eigenvalue weighted by atomic mass is 35.5. The molecule has 0 aliphatic rings. The van der Waals surface area contributed by atoms with E-state index in [0.29, 0.717) is 23.8 Å². The lowest BCUT2D eigenvalue weighted by Crippen LogP contribution is -2.25. The number of esters is 1. The van der Waals surface area contributed by atoms with E-state index in [-0.39, 0.29) is 28.4 Å². The summed E-state index contributed by atoms with van der Waals surface area (Å²) in [6.45, 7) is 0.738. The Labute approximate surface area is 229 Å². The molecule has 5 aromatic heterocycles. The zero-order valence-electron chi connectivity index (χ0n) is 19.9. The Morgan fingerprint density at radius 2 is 2.08 bits per heavy atom. The molecule has 0 aliphatic carbocycles. The number of carbonyl (C=O) groups excluding carboxylic acids is 2. The van der Waals surface area contributed by atoms with Crippen molar-refractivity contribution in [3.8, 4) is 11.3 Å². The Morgan fingerprint density at radius 3 is 2.76 bits per heavy atom. The summed E-state index contributed by atoms with van der Waals surface area (Å²) in [5, 5.41) is 15.2. The van der Waals surface area contributed by atoms with Gasteiger partial charge in [0, 0.05) is 29.8 Å². The molecular formula is C25H20ClN5O5S2. The fourth-order valence-electron chi connectivity index (χ4n) is 3.80. The van der Waals surface area contributed by atoms with Gasteiger partial charge < -0.3 is 19.1 Å². The molecule has 0 bridgehead atoms. The molecule has 0 aromatic carbocycles. The van der Waals surface area contributed by atoms with Crippen LogP contribution < -0.4 is 10.9 Å². The van der Waals surface area contributed by atoms with Crippen molar-refractivity contribution >= 4 is 52.0 Å². The topological polar surface area (TPSA) is 121 Å². The normalized spacial score (nSPS) is 11.0. The van der Waals surface area contributed by atoms with Crippen LogP contribution in [0.2, 0.25) is 4.34 Å². The Morgan fingerprint density at radius 1 is 1.21 bits per heavy atom. The van der Waals surface area contributed by atoms with Gasteiger partial charge in [-0.15, -0.1) is 11.3 Å². The predicted molar refractivity (Wildman–Crippen MR) is 144 cm³/mol. The van der Waals surface area contributed by atoms with Gasteiger partial charge in [0.25, 0.3) is 5.56 Å². The first-order chi connectivity index (χ1) is 18.4. The molecule has 0 saturated carbocycles. The summed E-state index contributed by atoms with van der Waals surface area (Å²) in [6, 6.07) is 10.1. The number of rotatable bonds is 9. The number of aryl methyl sites for hydroxylation is 2. The molecule has 5 heterocycles.